The van der Waals surface area contributed by atoms with Gasteiger partial charge in [0.05, 0.1) is 6.61 Å². The molecule has 0 heterocycles. The smallest absolute Gasteiger partial charge is 0.463 e. The number of hydrogen-bond acceptors (Lipinski definition) is 8. The highest BCUT2D eigenvalue weighted by Gasteiger charge is 2.68. The van der Waals surface area contributed by atoms with Crippen LogP contribution in [0.1, 0.15) is 6.92 Å². The van der Waals surface area contributed by atoms with Crippen LogP contribution in [0.4, 0.5) is 0 Å². The molecule has 0 aromatic rings. The summed E-state index contributed by atoms with van der Waals surface area (Å²) in [6.07, 6.45) is 0.239. The van der Waals surface area contributed by atoms with Crippen LogP contribution in [0, 0.1) is 30.3 Å². The van der Waals surface area contributed by atoms with E-state index in [2.05, 4.69) is 4.74 Å². The highest BCUT2D eigenvalue weighted by molar-refractivity contribution is 5.81. The van der Waals surface area contributed by atoms with Crippen molar-refractivity contribution in [2.75, 3.05) is 6.61 Å². The minimum Gasteiger partial charge on any atom is -0.463 e. The number of nitro groups is 3. The fourth-order valence-electron chi connectivity index (χ4n) is 0.753. The Morgan fingerprint density at radius 3 is 1.88 bits per heavy atom. The summed E-state index contributed by atoms with van der Waals surface area (Å²) >= 11 is 0. The van der Waals surface area contributed by atoms with Gasteiger partial charge in [-0.15, -0.1) is 0 Å². The Kier molecular flexibility index (Phi) is 4.65. The minimum absolute atomic E-state index is 0.0367. The number of carbonyl (C=O) groups excluding carboxylic acids is 1. The normalized spacial score (nSPS) is 11.1. The van der Waals surface area contributed by atoms with E-state index in [0.29, 0.717) is 0 Å². The Hall–Kier alpha value is -2.59. The SMILES string of the molecule is CCOC(=O)/C=C/C([N+](=O)[O-])([N+](=O)[O-])[N+](=O)[O-]. The van der Waals surface area contributed by atoms with Gasteiger partial charge in [-0.3, -0.25) is 30.3 Å². The maximum atomic E-state index is 10.8. The van der Waals surface area contributed by atoms with Gasteiger partial charge in [0.15, 0.2) is 20.8 Å². The van der Waals surface area contributed by atoms with Crippen LogP contribution in [0.3, 0.4) is 0 Å². The standard InChI is InChI=1S/C6H7N3O8/c1-2-17-5(10)3-4-6(7(11)12,8(13)14)9(15)16/h3-4H,2H2,1H3/b4-3+. The summed E-state index contributed by atoms with van der Waals surface area (Å²) < 4.78 is 4.28. The second kappa shape index (κ2) is 5.48. The molecule has 0 saturated carbocycles. The fourth-order valence-corrected chi connectivity index (χ4v) is 0.753. The molecule has 17 heavy (non-hydrogen) atoms. The Bertz CT molecular complexity index is 353. The summed E-state index contributed by atoms with van der Waals surface area (Å²) in [7, 11) is 0. The molecule has 0 fully saturated rings. The van der Waals surface area contributed by atoms with E-state index >= 15 is 0 Å². The number of ether oxygens (including phenoxy) is 1. The maximum Gasteiger partial charge on any atom is 0.722 e. The van der Waals surface area contributed by atoms with Crippen LogP contribution < -0.4 is 0 Å². The summed E-state index contributed by atoms with van der Waals surface area (Å²) in [5.41, 5.74) is 0. The topological polar surface area (TPSA) is 156 Å². The van der Waals surface area contributed by atoms with Gasteiger partial charge in [-0.1, -0.05) is 0 Å². The van der Waals surface area contributed by atoms with Crippen molar-refractivity contribution < 1.29 is 24.3 Å². The molecule has 0 atom stereocenters. The largest absolute Gasteiger partial charge is 0.722 e. The molecule has 0 spiro atoms. The van der Waals surface area contributed by atoms with Crippen molar-refractivity contribution in [2.45, 2.75) is 12.7 Å². The summed E-state index contributed by atoms with van der Waals surface area (Å²) in [5, 5.41) is 31.2. The second-order valence-corrected chi connectivity index (χ2v) is 2.54. The van der Waals surface area contributed by atoms with E-state index in [9.17, 15) is 35.1 Å². The van der Waals surface area contributed by atoms with Crippen LogP contribution in [-0.4, -0.2) is 33.1 Å². The summed E-state index contributed by atoms with van der Waals surface area (Å²) in [6, 6.07) is 0. The van der Waals surface area contributed by atoms with Gasteiger partial charge in [0.2, 0.25) is 0 Å². The van der Waals surface area contributed by atoms with Crippen LogP contribution in [-0.2, 0) is 9.53 Å². The molecular weight excluding hydrogens is 242 g/mol. The van der Waals surface area contributed by atoms with E-state index in [-0.39, 0.29) is 18.8 Å². The molecule has 0 unspecified atom stereocenters. The first-order chi connectivity index (χ1) is 7.78. The monoisotopic (exact) mass is 249 g/mol. The van der Waals surface area contributed by atoms with Crippen molar-refractivity contribution in [3.8, 4) is 0 Å². The number of rotatable bonds is 6. The fraction of sp³-hybridized carbons (Fsp3) is 0.500. The first-order valence-electron chi connectivity index (χ1n) is 4.08. The molecule has 0 radical (unpaired) electrons. The van der Waals surface area contributed by atoms with E-state index in [4.69, 9.17) is 0 Å². The van der Waals surface area contributed by atoms with Crippen LogP contribution >= 0.6 is 0 Å². The third-order valence-corrected chi connectivity index (χ3v) is 1.54. The molecule has 0 rings (SSSR count). The van der Waals surface area contributed by atoms with Gasteiger partial charge in [-0.2, -0.15) is 0 Å². The molecule has 0 aromatic carbocycles. The summed E-state index contributed by atoms with van der Waals surface area (Å²) in [5.74, 6) is -4.94. The molecule has 11 heteroatoms. The lowest BCUT2D eigenvalue weighted by molar-refractivity contribution is -0.953. The number of carbonyl (C=O) groups is 1. The minimum atomic E-state index is -3.78. The van der Waals surface area contributed by atoms with E-state index in [0.717, 1.165) is 0 Å². The van der Waals surface area contributed by atoms with Crippen molar-refractivity contribution in [3.63, 3.8) is 0 Å². The maximum absolute atomic E-state index is 10.8. The highest BCUT2D eigenvalue weighted by Crippen LogP contribution is 2.14. The predicted octanol–water partition coefficient (Wildman–Crippen LogP) is -0.410. The zero-order chi connectivity index (χ0) is 13.6. The van der Waals surface area contributed by atoms with Crippen molar-refractivity contribution in [2.24, 2.45) is 0 Å². The lowest BCUT2D eigenvalue weighted by Gasteiger charge is -2.03. The van der Waals surface area contributed by atoms with Crippen molar-refractivity contribution in [3.05, 3.63) is 42.5 Å². The number of nitrogens with zero attached hydrogens (tertiary/aromatic N) is 3. The Morgan fingerprint density at radius 1 is 1.18 bits per heavy atom. The lowest BCUT2D eigenvalue weighted by atomic mass is 10.3. The molecule has 94 valence electrons. The first kappa shape index (κ1) is 14.4. The van der Waals surface area contributed by atoms with Gasteiger partial charge in [-0.05, 0) is 6.92 Å². The lowest BCUT2D eigenvalue weighted by Crippen LogP contribution is -2.51. The van der Waals surface area contributed by atoms with Gasteiger partial charge in [0, 0.05) is 6.08 Å². The molecule has 0 aromatic heterocycles. The Labute approximate surface area is 93.1 Å². The van der Waals surface area contributed by atoms with Gasteiger partial charge in [0.25, 0.3) is 0 Å². The van der Waals surface area contributed by atoms with Crippen molar-refractivity contribution in [1.82, 2.24) is 0 Å². The van der Waals surface area contributed by atoms with E-state index < -0.39 is 26.5 Å². The summed E-state index contributed by atoms with van der Waals surface area (Å²) in [6.45, 7) is 1.35. The van der Waals surface area contributed by atoms with Crippen molar-refractivity contribution in [1.29, 1.82) is 0 Å². The number of hydrogen-bond donors (Lipinski definition) is 0. The van der Waals surface area contributed by atoms with Crippen LogP contribution in [0.2, 0.25) is 0 Å². The van der Waals surface area contributed by atoms with Gasteiger partial charge in [0.1, 0.15) is 0 Å². The van der Waals surface area contributed by atoms with Gasteiger partial charge >= 0.3 is 11.8 Å². The first-order valence-corrected chi connectivity index (χ1v) is 4.08. The zero-order valence-corrected chi connectivity index (χ0v) is 8.47. The van der Waals surface area contributed by atoms with Crippen molar-refractivity contribution >= 4 is 5.97 Å². The quantitative estimate of drug-likeness (QED) is 0.202. The molecule has 0 N–H and O–H groups in total. The van der Waals surface area contributed by atoms with Crippen LogP contribution in [0.5, 0.6) is 0 Å². The van der Waals surface area contributed by atoms with Gasteiger partial charge in [-0.25, -0.2) is 4.79 Å². The molecule has 0 bridgehead atoms. The third kappa shape index (κ3) is 2.93. The number of esters is 1. The molecule has 0 saturated heterocycles. The van der Waals surface area contributed by atoms with E-state index in [1.807, 2.05) is 0 Å². The molecule has 0 aliphatic rings. The van der Waals surface area contributed by atoms with Gasteiger partial charge < -0.3 is 4.74 Å². The molecule has 0 aliphatic heterocycles. The zero-order valence-electron chi connectivity index (χ0n) is 8.47. The van der Waals surface area contributed by atoms with E-state index in [1.54, 1.807) is 0 Å². The van der Waals surface area contributed by atoms with Crippen LogP contribution in [0.15, 0.2) is 12.2 Å². The molecule has 0 aliphatic carbocycles. The van der Waals surface area contributed by atoms with Crippen LogP contribution in [0.25, 0.3) is 0 Å². The second-order valence-electron chi connectivity index (χ2n) is 2.54. The Morgan fingerprint density at radius 2 is 1.59 bits per heavy atom. The predicted molar refractivity (Wildman–Crippen MR) is 49.5 cm³/mol. The molecule has 11 nitrogen and oxygen atoms in total. The summed E-state index contributed by atoms with van der Waals surface area (Å²) in [4.78, 5) is 36.8. The average Bonchev–Trinajstić information content (AvgIpc) is 2.17. The highest BCUT2D eigenvalue weighted by atomic mass is 16.7. The van der Waals surface area contributed by atoms with E-state index in [1.165, 1.54) is 6.92 Å². The third-order valence-electron chi connectivity index (χ3n) is 1.54. The molecular formula is C6H7N3O8. The Balaban J connectivity index is 5.35. The molecule has 0 amide bonds. The average molecular weight is 249 g/mol.